The van der Waals surface area contributed by atoms with Crippen LogP contribution >= 0.6 is 11.3 Å². The van der Waals surface area contributed by atoms with Crippen LogP contribution in [0.1, 0.15) is 16.6 Å². The van der Waals surface area contributed by atoms with Gasteiger partial charge in [-0.2, -0.15) is 0 Å². The minimum atomic E-state index is 0.0562. The second-order valence-electron chi connectivity index (χ2n) is 4.10. The number of rotatable bonds is 5. The van der Waals surface area contributed by atoms with E-state index in [0.717, 1.165) is 15.3 Å². The molecule has 0 aliphatic carbocycles. The van der Waals surface area contributed by atoms with E-state index >= 15 is 0 Å². The van der Waals surface area contributed by atoms with Crippen molar-refractivity contribution in [2.75, 3.05) is 21.3 Å². The predicted molar refractivity (Wildman–Crippen MR) is 79.4 cm³/mol. The van der Waals surface area contributed by atoms with E-state index in [2.05, 4.69) is 0 Å². The molecule has 0 unspecified atom stereocenters. The van der Waals surface area contributed by atoms with Gasteiger partial charge in [0.05, 0.1) is 26.2 Å². The normalized spacial score (nSPS) is 10.2. The zero-order valence-corrected chi connectivity index (χ0v) is 12.7. The molecular formula is C15H16O4S. The number of benzene rings is 1. The maximum atomic E-state index is 11.4. The Morgan fingerprint density at radius 1 is 0.950 bits per heavy atom. The third-order valence-electron chi connectivity index (χ3n) is 2.92. The first-order chi connectivity index (χ1) is 9.62. The Morgan fingerprint density at radius 2 is 1.65 bits per heavy atom. The molecule has 5 heteroatoms. The minimum absolute atomic E-state index is 0.0562. The fourth-order valence-corrected chi connectivity index (χ4v) is 2.89. The average Bonchev–Trinajstić information content (AvgIpc) is 2.95. The molecule has 0 atom stereocenters. The highest BCUT2D eigenvalue weighted by Crippen LogP contribution is 2.45. The summed E-state index contributed by atoms with van der Waals surface area (Å²) in [6, 6.07) is 7.45. The molecule has 0 bridgehead atoms. The van der Waals surface area contributed by atoms with Gasteiger partial charge in [-0.1, -0.05) is 0 Å². The molecule has 2 aromatic rings. The monoisotopic (exact) mass is 292 g/mol. The zero-order valence-electron chi connectivity index (χ0n) is 11.9. The highest BCUT2D eigenvalue weighted by Gasteiger charge is 2.18. The quantitative estimate of drug-likeness (QED) is 0.789. The van der Waals surface area contributed by atoms with Gasteiger partial charge in [0.25, 0.3) is 0 Å². The Bertz CT molecular complexity index is 631. The van der Waals surface area contributed by atoms with E-state index < -0.39 is 0 Å². The van der Waals surface area contributed by atoms with E-state index in [1.165, 1.54) is 11.3 Å². The lowest BCUT2D eigenvalue weighted by Crippen LogP contribution is -1.96. The second-order valence-corrected chi connectivity index (χ2v) is 5.19. The standard InChI is InChI=1S/C15H16O4S/c1-9(16)12-7-8-13(20-12)10-5-6-11(17-2)15(19-4)14(10)18-3/h5-8H,1-4H3. The van der Waals surface area contributed by atoms with Crippen LogP contribution in [0.2, 0.25) is 0 Å². The molecule has 0 saturated carbocycles. The number of carbonyl (C=O) groups is 1. The first kappa shape index (κ1) is 14.4. The molecule has 1 aromatic carbocycles. The van der Waals surface area contributed by atoms with E-state index in [-0.39, 0.29) is 5.78 Å². The fourth-order valence-electron chi connectivity index (χ4n) is 1.97. The lowest BCUT2D eigenvalue weighted by molar-refractivity contribution is 0.102. The average molecular weight is 292 g/mol. The predicted octanol–water partition coefficient (Wildman–Crippen LogP) is 3.64. The van der Waals surface area contributed by atoms with Gasteiger partial charge >= 0.3 is 0 Å². The minimum Gasteiger partial charge on any atom is -0.493 e. The van der Waals surface area contributed by atoms with Gasteiger partial charge in [0, 0.05) is 10.4 Å². The Hall–Kier alpha value is -2.01. The van der Waals surface area contributed by atoms with Crippen LogP contribution in [0, 0.1) is 0 Å². The SMILES string of the molecule is COc1ccc(-c2ccc(C(C)=O)s2)c(OC)c1OC. The van der Waals surface area contributed by atoms with Crippen molar-refractivity contribution in [2.45, 2.75) is 6.92 Å². The van der Waals surface area contributed by atoms with Crippen LogP contribution in [0.25, 0.3) is 10.4 Å². The summed E-state index contributed by atoms with van der Waals surface area (Å²) in [6.45, 7) is 1.56. The molecule has 2 rings (SSSR count). The van der Waals surface area contributed by atoms with Gasteiger partial charge in [0.2, 0.25) is 5.75 Å². The van der Waals surface area contributed by atoms with Gasteiger partial charge in [-0.25, -0.2) is 0 Å². The molecule has 20 heavy (non-hydrogen) atoms. The van der Waals surface area contributed by atoms with Gasteiger partial charge < -0.3 is 14.2 Å². The molecule has 0 saturated heterocycles. The Balaban J connectivity index is 2.58. The summed E-state index contributed by atoms with van der Waals surface area (Å²) in [5.41, 5.74) is 0.877. The van der Waals surface area contributed by atoms with Crippen molar-refractivity contribution in [3.8, 4) is 27.7 Å². The molecule has 4 nitrogen and oxygen atoms in total. The second kappa shape index (κ2) is 5.96. The number of ether oxygens (including phenoxy) is 3. The first-order valence-electron chi connectivity index (χ1n) is 6.02. The Morgan fingerprint density at radius 3 is 2.15 bits per heavy atom. The molecule has 0 spiro atoms. The molecule has 0 N–H and O–H groups in total. The number of Topliss-reactive ketones (excluding diaryl/α,β-unsaturated/α-hetero) is 1. The van der Waals surface area contributed by atoms with E-state index in [4.69, 9.17) is 14.2 Å². The molecule has 0 fully saturated rings. The summed E-state index contributed by atoms with van der Waals surface area (Å²) in [6.07, 6.45) is 0. The molecule has 0 aliphatic rings. The Kier molecular flexibility index (Phi) is 4.29. The summed E-state index contributed by atoms with van der Waals surface area (Å²) in [4.78, 5) is 13.1. The van der Waals surface area contributed by atoms with E-state index in [0.29, 0.717) is 17.2 Å². The molecular weight excluding hydrogens is 276 g/mol. The van der Waals surface area contributed by atoms with Crippen molar-refractivity contribution in [2.24, 2.45) is 0 Å². The van der Waals surface area contributed by atoms with Gasteiger partial charge in [-0.05, 0) is 31.2 Å². The summed E-state index contributed by atoms with van der Waals surface area (Å²) in [5.74, 6) is 1.81. The molecule has 106 valence electrons. The third-order valence-corrected chi connectivity index (χ3v) is 4.14. The molecule has 0 radical (unpaired) electrons. The number of hydrogen-bond donors (Lipinski definition) is 0. The van der Waals surface area contributed by atoms with Crippen molar-refractivity contribution in [1.29, 1.82) is 0 Å². The highest BCUT2D eigenvalue weighted by molar-refractivity contribution is 7.17. The Labute approximate surface area is 121 Å². The van der Waals surface area contributed by atoms with Crippen molar-refractivity contribution in [3.63, 3.8) is 0 Å². The highest BCUT2D eigenvalue weighted by atomic mass is 32.1. The van der Waals surface area contributed by atoms with E-state index in [1.54, 1.807) is 28.3 Å². The van der Waals surface area contributed by atoms with Crippen molar-refractivity contribution in [1.82, 2.24) is 0 Å². The molecule has 1 heterocycles. The lowest BCUT2D eigenvalue weighted by atomic mass is 10.1. The summed E-state index contributed by atoms with van der Waals surface area (Å²) < 4.78 is 16.1. The first-order valence-corrected chi connectivity index (χ1v) is 6.84. The molecule has 1 aromatic heterocycles. The van der Waals surface area contributed by atoms with Gasteiger partial charge in [0.15, 0.2) is 17.3 Å². The number of thiophene rings is 1. The van der Waals surface area contributed by atoms with Gasteiger partial charge in [0.1, 0.15) is 0 Å². The molecule has 0 amide bonds. The summed E-state index contributed by atoms with van der Waals surface area (Å²) in [7, 11) is 4.73. The maximum Gasteiger partial charge on any atom is 0.203 e. The van der Waals surface area contributed by atoms with Crippen molar-refractivity contribution < 1.29 is 19.0 Å². The van der Waals surface area contributed by atoms with Crippen LogP contribution in [-0.4, -0.2) is 27.1 Å². The summed E-state index contributed by atoms with van der Waals surface area (Å²) >= 11 is 1.43. The lowest BCUT2D eigenvalue weighted by Gasteiger charge is -2.14. The fraction of sp³-hybridized carbons (Fsp3) is 0.267. The van der Waals surface area contributed by atoms with Crippen LogP contribution < -0.4 is 14.2 Å². The number of hydrogen-bond acceptors (Lipinski definition) is 5. The van der Waals surface area contributed by atoms with Crippen LogP contribution in [0.5, 0.6) is 17.2 Å². The van der Waals surface area contributed by atoms with Crippen LogP contribution in [0.4, 0.5) is 0 Å². The van der Waals surface area contributed by atoms with Crippen molar-refractivity contribution >= 4 is 17.1 Å². The number of methoxy groups -OCH3 is 3. The maximum absolute atomic E-state index is 11.4. The van der Waals surface area contributed by atoms with Crippen LogP contribution in [0.15, 0.2) is 24.3 Å². The number of ketones is 1. The number of carbonyl (C=O) groups excluding carboxylic acids is 1. The topological polar surface area (TPSA) is 44.8 Å². The zero-order chi connectivity index (χ0) is 14.7. The largest absolute Gasteiger partial charge is 0.493 e. The van der Waals surface area contributed by atoms with E-state index in [1.807, 2.05) is 24.3 Å². The smallest absolute Gasteiger partial charge is 0.203 e. The summed E-state index contributed by atoms with van der Waals surface area (Å²) in [5, 5.41) is 0. The van der Waals surface area contributed by atoms with Gasteiger partial charge in [-0.3, -0.25) is 4.79 Å². The van der Waals surface area contributed by atoms with Crippen molar-refractivity contribution in [3.05, 3.63) is 29.1 Å². The molecule has 0 aliphatic heterocycles. The third kappa shape index (κ3) is 2.49. The van der Waals surface area contributed by atoms with Crippen LogP contribution in [0.3, 0.4) is 0 Å². The van der Waals surface area contributed by atoms with E-state index in [9.17, 15) is 4.79 Å². The van der Waals surface area contributed by atoms with Gasteiger partial charge in [-0.15, -0.1) is 11.3 Å². The van der Waals surface area contributed by atoms with Crippen LogP contribution in [-0.2, 0) is 0 Å².